The van der Waals surface area contributed by atoms with Crippen LogP contribution in [0.4, 0.5) is 5.69 Å². The zero-order valence-corrected chi connectivity index (χ0v) is 7.47. The predicted octanol–water partition coefficient (Wildman–Crippen LogP) is 2.00. The molecule has 0 amide bonds. The molecule has 0 aliphatic carbocycles. The number of aldehydes is 1. The minimum absolute atomic E-state index is 0.0734. The lowest BCUT2D eigenvalue weighted by Gasteiger charge is -1.94. The van der Waals surface area contributed by atoms with E-state index < -0.39 is 0 Å². The van der Waals surface area contributed by atoms with E-state index >= 15 is 0 Å². The van der Waals surface area contributed by atoms with Gasteiger partial charge in [-0.3, -0.25) is 4.79 Å². The molecule has 3 N–H and O–H groups in total. The summed E-state index contributed by atoms with van der Waals surface area (Å²) in [6, 6.07) is 5.27. The molecule has 2 rings (SSSR count). The number of benzene rings is 1. The van der Waals surface area contributed by atoms with E-state index in [4.69, 9.17) is 5.73 Å². The molecule has 3 nitrogen and oxygen atoms in total. The second-order valence-corrected chi connectivity index (χ2v) is 3.69. The lowest BCUT2D eigenvalue weighted by Crippen LogP contribution is -1.86. The van der Waals surface area contributed by atoms with E-state index in [2.05, 4.69) is 0 Å². The number of thiophene rings is 1. The summed E-state index contributed by atoms with van der Waals surface area (Å²) in [6.07, 6.45) is 0.741. The summed E-state index contributed by atoms with van der Waals surface area (Å²) in [5, 5.41) is 10.1. The van der Waals surface area contributed by atoms with Crippen molar-refractivity contribution in [2.75, 3.05) is 5.73 Å². The van der Waals surface area contributed by atoms with E-state index in [1.807, 2.05) is 6.07 Å². The highest BCUT2D eigenvalue weighted by molar-refractivity contribution is 7.21. The first-order valence-corrected chi connectivity index (χ1v) is 4.51. The van der Waals surface area contributed by atoms with Crippen LogP contribution in [0.15, 0.2) is 18.2 Å². The maximum absolute atomic E-state index is 10.6. The smallest absolute Gasteiger partial charge is 0.196 e. The number of rotatable bonds is 1. The van der Waals surface area contributed by atoms with Crippen LogP contribution in [0.1, 0.15) is 10.4 Å². The van der Waals surface area contributed by atoms with Crippen molar-refractivity contribution in [3.8, 4) is 5.06 Å². The van der Waals surface area contributed by atoms with Gasteiger partial charge in [-0.2, -0.15) is 0 Å². The Kier molecular flexibility index (Phi) is 1.70. The van der Waals surface area contributed by atoms with Crippen molar-refractivity contribution in [3.05, 3.63) is 23.8 Å². The highest BCUT2D eigenvalue weighted by Gasteiger charge is 2.10. The highest BCUT2D eigenvalue weighted by atomic mass is 32.1. The largest absolute Gasteiger partial charge is 0.498 e. The second kappa shape index (κ2) is 2.74. The molecule has 0 saturated heterocycles. The number of fused-ring (bicyclic) bond motifs is 1. The van der Waals surface area contributed by atoms with E-state index in [-0.39, 0.29) is 5.06 Å². The molecule has 66 valence electrons. The van der Waals surface area contributed by atoms with Crippen LogP contribution in [0.2, 0.25) is 0 Å². The number of carbonyl (C=O) groups excluding carboxylic acids is 1. The zero-order valence-electron chi connectivity index (χ0n) is 6.65. The minimum atomic E-state index is 0.0734. The Balaban J connectivity index is 2.94. The molecule has 4 heteroatoms. The third-order valence-electron chi connectivity index (χ3n) is 1.89. The van der Waals surface area contributed by atoms with Gasteiger partial charge in [-0.15, -0.1) is 0 Å². The standard InChI is InChI=1S/C9H7NO2S/c10-8-7-5(4-11)2-1-3-6(7)13-9(8)12/h1-4,12H,10H2. The number of carbonyl (C=O) groups is 1. The molecule has 1 heterocycles. The molecule has 13 heavy (non-hydrogen) atoms. The minimum Gasteiger partial charge on any atom is -0.498 e. The van der Waals surface area contributed by atoms with Crippen LogP contribution in [0.3, 0.4) is 0 Å². The first-order chi connectivity index (χ1) is 6.24. The van der Waals surface area contributed by atoms with Crippen molar-refractivity contribution < 1.29 is 9.90 Å². The fraction of sp³-hybridized carbons (Fsp3) is 0. The van der Waals surface area contributed by atoms with Crippen LogP contribution in [-0.4, -0.2) is 11.4 Å². The Morgan fingerprint density at radius 2 is 2.23 bits per heavy atom. The van der Waals surface area contributed by atoms with Crippen molar-refractivity contribution >= 4 is 33.4 Å². The summed E-state index contributed by atoms with van der Waals surface area (Å²) in [5.41, 5.74) is 6.43. The lowest BCUT2D eigenvalue weighted by atomic mass is 10.1. The van der Waals surface area contributed by atoms with Gasteiger partial charge in [0.1, 0.15) is 0 Å². The molecular weight excluding hydrogens is 186 g/mol. The quantitative estimate of drug-likeness (QED) is 0.681. The molecule has 0 saturated carbocycles. The molecule has 0 aliphatic heterocycles. The first-order valence-electron chi connectivity index (χ1n) is 3.69. The van der Waals surface area contributed by atoms with Crippen LogP contribution < -0.4 is 5.73 Å². The third kappa shape index (κ3) is 1.07. The van der Waals surface area contributed by atoms with Gasteiger partial charge in [0.2, 0.25) is 0 Å². The number of nitrogens with two attached hydrogens (primary N) is 1. The molecule has 0 radical (unpaired) electrons. The van der Waals surface area contributed by atoms with Crippen LogP contribution in [0.5, 0.6) is 5.06 Å². The summed E-state index contributed by atoms with van der Waals surface area (Å²) in [5.74, 6) is 0. The molecule has 0 spiro atoms. The Morgan fingerprint density at radius 3 is 2.92 bits per heavy atom. The van der Waals surface area contributed by atoms with E-state index in [1.54, 1.807) is 12.1 Å². The summed E-state index contributed by atoms with van der Waals surface area (Å²) >= 11 is 1.18. The number of anilines is 1. The van der Waals surface area contributed by atoms with Crippen LogP contribution in [0, 0.1) is 0 Å². The fourth-order valence-electron chi connectivity index (χ4n) is 1.29. The van der Waals surface area contributed by atoms with E-state index in [0.29, 0.717) is 16.6 Å². The van der Waals surface area contributed by atoms with Gasteiger partial charge in [-0.1, -0.05) is 23.5 Å². The van der Waals surface area contributed by atoms with Gasteiger partial charge in [-0.25, -0.2) is 0 Å². The van der Waals surface area contributed by atoms with Gasteiger partial charge in [0.15, 0.2) is 11.3 Å². The number of hydrogen-bond donors (Lipinski definition) is 2. The van der Waals surface area contributed by atoms with Crippen LogP contribution >= 0.6 is 11.3 Å². The first kappa shape index (κ1) is 8.07. The van der Waals surface area contributed by atoms with Crippen molar-refractivity contribution in [2.45, 2.75) is 0 Å². The number of hydrogen-bond acceptors (Lipinski definition) is 4. The number of aromatic hydroxyl groups is 1. The van der Waals surface area contributed by atoms with Gasteiger partial charge in [0.25, 0.3) is 0 Å². The summed E-state index contributed by atoms with van der Waals surface area (Å²) in [4.78, 5) is 10.6. The Labute approximate surface area is 78.4 Å². The zero-order chi connectivity index (χ0) is 9.42. The maximum Gasteiger partial charge on any atom is 0.196 e. The molecule has 1 aromatic heterocycles. The van der Waals surface area contributed by atoms with Gasteiger partial charge in [-0.05, 0) is 6.07 Å². The van der Waals surface area contributed by atoms with Gasteiger partial charge < -0.3 is 10.8 Å². The summed E-state index contributed by atoms with van der Waals surface area (Å²) in [7, 11) is 0. The molecule has 0 atom stereocenters. The molecule has 0 unspecified atom stereocenters. The third-order valence-corrected chi connectivity index (χ3v) is 2.87. The molecule has 2 aromatic rings. The van der Waals surface area contributed by atoms with Crippen LogP contribution in [0.25, 0.3) is 10.1 Å². The summed E-state index contributed by atoms with van der Waals surface area (Å²) in [6.45, 7) is 0. The van der Waals surface area contributed by atoms with Gasteiger partial charge in [0, 0.05) is 15.6 Å². The van der Waals surface area contributed by atoms with E-state index in [0.717, 1.165) is 11.0 Å². The molecule has 0 aliphatic rings. The summed E-state index contributed by atoms with van der Waals surface area (Å²) < 4.78 is 0.833. The number of nitrogen functional groups attached to an aromatic ring is 1. The van der Waals surface area contributed by atoms with Crippen molar-refractivity contribution in [3.63, 3.8) is 0 Å². The van der Waals surface area contributed by atoms with E-state index in [1.165, 1.54) is 11.3 Å². The van der Waals surface area contributed by atoms with Gasteiger partial charge in [0.05, 0.1) is 5.69 Å². The fourth-order valence-corrected chi connectivity index (χ4v) is 2.18. The van der Waals surface area contributed by atoms with Gasteiger partial charge >= 0.3 is 0 Å². The van der Waals surface area contributed by atoms with Crippen molar-refractivity contribution in [1.29, 1.82) is 0 Å². The topological polar surface area (TPSA) is 63.3 Å². The SMILES string of the molecule is Nc1c(O)sc2cccc(C=O)c12. The normalized spacial score (nSPS) is 10.5. The second-order valence-electron chi connectivity index (χ2n) is 2.66. The monoisotopic (exact) mass is 193 g/mol. The Hall–Kier alpha value is -1.55. The van der Waals surface area contributed by atoms with Crippen molar-refractivity contribution in [1.82, 2.24) is 0 Å². The van der Waals surface area contributed by atoms with Crippen LogP contribution in [-0.2, 0) is 0 Å². The highest BCUT2D eigenvalue weighted by Crippen LogP contribution is 2.40. The lowest BCUT2D eigenvalue weighted by molar-refractivity contribution is 0.112. The Morgan fingerprint density at radius 1 is 1.46 bits per heavy atom. The molecular formula is C9H7NO2S. The van der Waals surface area contributed by atoms with Crippen molar-refractivity contribution in [2.24, 2.45) is 0 Å². The molecule has 0 fully saturated rings. The van der Waals surface area contributed by atoms with E-state index in [9.17, 15) is 9.90 Å². The predicted molar refractivity (Wildman–Crippen MR) is 53.3 cm³/mol. The average molecular weight is 193 g/mol. The Bertz CT molecular complexity index is 476. The molecule has 0 bridgehead atoms. The average Bonchev–Trinajstić information content (AvgIpc) is 2.43. The maximum atomic E-state index is 10.6. The molecule has 1 aromatic carbocycles.